The molecule has 0 bridgehead atoms. The molecule has 19 heavy (non-hydrogen) atoms. The standard InChI is InChI=1S/C17H23NO/c1-3-5-6-7-8-13-9-14-10-16(18)11-15(14)12-17(13)19-4-2/h5,9,12,16H,1,4,6-8,10-11,18H2,2H3. The van der Waals surface area contributed by atoms with E-state index in [0.717, 1.165) is 37.9 Å². The largest absolute Gasteiger partial charge is 0.494 e. The second kappa shape index (κ2) is 6.60. The molecular formula is C17H23NO. The number of hydrogen-bond donors (Lipinski definition) is 1. The van der Waals surface area contributed by atoms with Crippen molar-refractivity contribution in [2.24, 2.45) is 5.73 Å². The number of ether oxygens (including phenoxy) is 1. The maximum Gasteiger partial charge on any atom is 0.122 e. The summed E-state index contributed by atoms with van der Waals surface area (Å²) in [5.74, 6) is 1.04. The SMILES string of the molecule is C=C=CCCCc1cc2c(cc1OCC)CC(N)C2. The van der Waals surface area contributed by atoms with Gasteiger partial charge in [0.25, 0.3) is 0 Å². The molecule has 0 spiro atoms. The van der Waals surface area contributed by atoms with E-state index in [-0.39, 0.29) is 6.04 Å². The number of benzene rings is 1. The van der Waals surface area contributed by atoms with Crippen LogP contribution in [-0.4, -0.2) is 12.6 Å². The van der Waals surface area contributed by atoms with Gasteiger partial charge in [-0.3, -0.25) is 0 Å². The van der Waals surface area contributed by atoms with Crippen molar-refractivity contribution >= 4 is 0 Å². The van der Waals surface area contributed by atoms with Crippen LogP contribution in [0.3, 0.4) is 0 Å². The minimum Gasteiger partial charge on any atom is -0.494 e. The number of allylic oxidation sites excluding steroid dienone is 1. The van der Waals surface area contributed by atoms with Crippen LogP contribution >= 0.6 is 0 Å². The zero-order chi connectivity index (χ0) is 13.7. The molecule has 1 atom stereocenters. The van der Waals surface area contributed by atoms with Gasteiger partial charge in [-0.05, 0) is 67.9 Å². The second-order valence-electron chi connectivity index (χ2n) is 5.13. The Morgan fingerprint density at radius 3 is 2.84 bits per heavy atom. The van der Waals surface area contributed by atoms with E-state index in [4.69, 9.17) is 10.5 Å². The van der Waals surface area contributed by atoms with Crippen LogP contribution in [-0.2, 0) is 19.3 Å². The van der Waals surface area contributed by atoms with E-state index in [2.05, 4.69) is 24.4 Å². The van der Waals surface area contributed by atoms with Gasteiger partial charge in [0.15, 0.2) is 0 Å². The number of aryl methyl sites for hydroxylation is 1. The number of fused-ring (bicyclic) bond motifs is 1. The monoisotopic (exact) mass is 257 g/mol. The maximum atomic E-state index is 6.04. The van der Waals surface area contributed by atoms with Gasteiger partial charge in [0.1, 0.15) is 5.75 Å². The van der Waals surface area contributed by atoms with Gasteiger partial charge < -0.3 is 10.5 Å². The third-order valence-corrected chi connectivity index (χ3v) is 3.59. The summed E-state index contributed by atoms with van der Waals surface area (Å²) in [5.41, 5.74) is 12.9. The van der Waals surface area contributed by atoms with Gasteiger partial charge >= 0.3 is 0 Å². The van der Waals surface area contributed by atoms with Crippen LogP contribution in [0.2, 0.25) is 0 Å². The topological polar surface area (TPSA) is 35.2 Å². The van der Waals surface area contributed by atoms with Gasteiger partial charge in [0.05, 0.1) is 6.61 Å². The summed E-state index contributed by atoms with van der Waals surface area (Å²) in [6.45, 7) is 6.33. The normalized spacial score (nSPS) is 16.8. The number of rotatable bonds is 6. The van der Waals surface area contributed by atoms with Gasteiger partial charge in [-0.25, -0.2) is 0 Å². The van der Waals surface area contributed by atoms with Crippen LogP contribution < -0.4 is 10.5 Å². The third-order valence-electron chi connectivity index (χ3n) is 3.59. The quantitative estimate of drug-likeness (QED) is 0.627. The highest BCUT2D eigenvalue weighted by Crippen LogP contribution is 2.30. The van der Waals surface area contributed by atoms with E-state index in [1.807, 2.05) is 13.0 Å². The van der Waals surface area contributed by atoms with Gasteiger partial charge in [-0.15, -0.1) is 5.73 Å². The van der Waals surface area contributed by atoms with Crippen LogP contribution in [0, 0.1) is 0 Å². The first-order valence-corrected chi connectivity index (χ1v) is 7.12. The Morgan fingerprint density at radius 1 is 1.42 bits per heavy atom. The lowest BCUT2D eigenvalue weighted by atomic mass is 10.0. The molecule has 2 rings (SSSR count). The lowest BCUT2D eigenvalue weighted by Crippen LogP contribution is -2.18. The van der Waals surface area contributed by atoms with Crippen molar-refractivity contribution < 1.29 is 4.74 Å². The molecule has 0 aliphatic heterocycles. The van der Waals surface area contributed by atoms with Crippen molar-refractivity contribution in [3.63, 3.8) is 0 Å². The molecule has 0 fully saturated rings. The Hall–Kier alpha value is -1.50. The minimum atomic E-state index is 0.281. The van der Waals surface area contributed by atoms with E-state index < -0.39 is 0 Å². The summed E-state index contributed by atoms with van der Waals surface area (Å²) in [4.78, 5) is 0. The van der Waals surface area contributed by atoms with E-state index in [0.29, 0.717) is 6.61 Å². The average molecular weight is 257 g/mol. The van der Waals surface area contributed by atoms with Gasteiger partial charge in [-0.2, -0.15) is 0 Å². The highest BCUT2D eigenvalue weighted by molar-refractivity contribution is 5.46. The van der Waals surface area contributed by atoms with Crippen molar-refractivity contribution in [1.29, 1.82) is 0 Å². The molecular weight excluding hydrogens is 234 g/mol. The zero-order valence-electron chi connectivity index (χ0n) is 11.7. The molecule has 2 N–H and O–H groups in total. The van der Waals surface area contributed by atoms with Crippen molar-refractivity contribution in [3.05, 3.63) is 47.2 Å². The minimum absolute atomic E-state index is 0.281. The second-order valence-corrected chi connectivity index (χ2v) is 5.13. The fraction of sp³-hybridized carbons (Fsp3) is 0.471. The molecule has 1 aliphatic carbocycles. The molecule has 1 aliphatic rings. The van der Waals surface area contributed by atoms with Crippen LogP contribution in [0.25, 0.3) is 0 Å². The van der Waals surface area contributed by atoms with E-state index in [1.54, 1.807) is 0 Å². The Balaban J connectivity index is 2.15. The molecule has 1 unspecified atom stereocenters. The molecule has 0 saturated carbocycles. The maximum absolute atomic E-state index is 6.04. The van der Waals surface area contributed by atoms with Crippen molar-refractivity contribution in [1.82, 2.24) is 0 Å². The fourth-order valence-electron chi connectivity index (χ4n) is 2.72. The Kier molecular flexibility index (Phi) is 4.84. The van der Waals surface area contributed by atoms with Gasteiger partial charge in [-0.1, -0.05) is 12.6 Å². The number of nitrogens with two attached hydrogens (primary N) is 1. The van der Waals surface area contributed by atoms with E-state index in [1.165, 1.54) is 16.7 Å². The molecule has 102 valence electrons. The number of unbranched alkanes of at least 4 members (excludes halogenated alkanes) is 1. The molecule has 0 radical (unpaired) electrons. The van der Waals surface area contributed by atoms with E-state index in [9.17, 15) is 0 Å². The Bertz CT molecular complexity index is 486. The molecule has 0 aromatic heterocycles. The first-order chi connectivity index (χ1) is 9.24. The Labute approximate surface area is 116 Å². The predicted octanol–water partition coefficient (Wildman–Crippen LogP) is 3.18. The highest BCUT2D eigenvalue weighted by atomic mass is 16.5. The summed E-state index contributed by atoms with van der Waals surface area (Å²) in [6.07, 6.45) is 7.13. The van der Waals surface area contributed by atoms with Gasteiger partial charge in [0, 0.05) is 6.04 Å². The molecule has 0 saturated heterocycles. The van der Waals surface area contributed by atoms with Crippen molar-refractivity contribution in [3.8, 4) is 5.75 Å². The lowest BCUT2D eigenvalue weighted by molar-refractivity contribution is 0.336. The number of hydrogen-bond acceptors (Lipinski definition) is 2. The molecule has 2 nitrogen and oxygen atoms in total. The van der Waals surface area contributed by atoms with Crippen LogP contribution in [0.1, 0.15) is 36.5 Å². The van der Waals surface area contributed by atoms with Crippen LogP contribution in [0.5, 0.6) is 5.75 Å². The van der Waals surface area contributed by atoms with Gasteiger partial charge in [0.2, 0.25) is 0 Å². The molecule has 1 aromatic rings. The van der Waals surface area contributed by atoms with E-state index >= 15 is 0 Å². The lowest BCUT2D eigenvalue weighted by Gasteiger charge is -2.12. The molecule has 0 amide bonds. The van der Waals surface area contributed by atoms with Crippen molar-refractivity contribution in [2.75, 3.05) is 6.61 Å². The van der Waals surface area contributed by atoms with Crippen LogP contribution in [0.4, 0.5) is 0 Å². The third kappa shape index (κ3) is 3.50. The fourth-order valence-corrected chi connectivity index (χ4v) is 2.72. The molecule has 1 aromatic carbocycles. The smallest absolute Gasteiger partial charge is 0.122 e. The molecule has 2 heteroatoms. The average Bonchev–Trinajstić information content (AvgIpc) is 2.74. The first kappa shape index (κ1) is 13.9. The van der Waals surface area contributed by atoms with Crippen LogP contribution in [0.15, 0.2) is 30.5 Å². The Morgan fingerprint density at radius 2 is 2.16 bits per heavy atom. The highest BCUT2D eigenvalue weighted by Gasteiger charge is 2.20. The van der Waals surface area contributed by atoms with Crippen molar-refractivity contribution in [2.45, 2.75) is 45.1 Å². The summed E-state index contributed by atoms with van der Waals surface area (Å²) in [6, 6.07) is 4.78. The summed E-state index contributed by atoms with van der Waals surface area (Å²) in [5, 5.41) is 0. The summed E-state index contributed by atoms with van der Waals surface area (Å²) < 4.78 is 5.78. The molecule has 0 heterocycles. The zero-order valence-corrected chi connectivity index (χ0v) is 11.7. The first-order valence-electron chi connectivity index (χ1n) is 7.12. The summed E-state index contributed by atoms with van der Waals surface area (Å²) in [7, 11) is 0. The summed E-state index contributed by atoms with van der Waals surface area (Å²) >= 11 is 0. The predicted molar refractivity (Wildman–Crippen MR) is 79.6 cm³/mol.